The maximum Gasteiger partial charge on any atom is 0.196 e. The van der Waals surface area contributed by atoms with Gasteiger partial charge in [-0.1, -0.05) is 43.8 Å². The molecule has 3 aromatic rings. The Morgan fingerprint density at radius 3 is 2.47 bits per heavy atom. The van der Waals surface area contributed by atoms with Crippen molar-refractivity contribution in [3.63, 3.8) is 0 Å². The number of thioether (sulfide) groups is 1. The van der Waals surface area contributed by atoms with Gasteiger partial charge in [0.25, 0.3) is 0 Å². The summed E-state index contributed by atoms with van der Waals surface area (Å²) in [4.78, 5) is 17.2. The van der Waals surface area contributed by atoms with Gasteiger partial charge in [-0.2, -0.15) is 0 Å². The second-order valence-corrected chi connectivity index (χ2v) is 10.2. The average molecular weight is 480 g/mol. The Morgan fingerprint density at radius 1 is 1.15 bits per heavy atom. The van der Waals surface area contributed by atoms with Crippen molar-refractivity contribution in [2.24, 2.45) is 0 Å². The van der Waals surface area contributed by atoms with Crippen molar-refractivity contribution in [2.45, 2.75) is 37.4 Å². The van der Waals surface area contributed by atoms with E-state index < -0.39 is 0 Å². The number of halogens is 1. The van der Waals surface area contributed by atoms with Crippen molar-refractivity contribution in [2.75, 3.05) is 31.8 Å². The van der Waals surface area contributed by atoms with Crippen LogP contribution in [0.1, 0.15) is 38.2 Å². The Bertz CT molecular complexity index is 1230. The van der Waals surface area contributed by atoms with Crippen molar-refractivity contribution in [1.29, 1.82) is 0 Å². The highest BCUT2D eigenvalue weighted by Gasteiger charge is 2.38. The topological polar surface area (TPSA) is 54.3 Å². The van der Waals surface area contributed by atoms with Crippen LogP contribution in [0.15, 0.2) is 65.5 Å². The summed E-state index contributed by atoms with van der Waals surface area (Å²) >= 11 is 1.34. The molecule has 4 rings (SSSR count). The number of para-hydroxylation sites is 1. The molecule has 34 heavy (non-hydrogen) atoms. The number of carbonyl (C=O) groups is 1. The summed E-state index contributed by atoms with van der Waals surface area (Å²) in [6.45, 7) is 6.31. The zero-order chi connectivity index (χ0) is 24.6. The summed E-state index contributed by atoms with van der Waals surface area (Å²) in [6.07, 6.45) is 1.74. The van der Waals surface area contributed by atoms with Gasteiger partial charge in [0.2, 0.25) is 0 Å². The van der Waals surface area contributed by atoms with E-state index in [1.54, 1.807) is 18.2 Å². The molecule has 178 valence electrons. The monoisotopic (exact) mass is 479 g/mol. The normalized spacial score (nSPS) is 16.8. The number of nitrogens with zero attached hydrogens (tertiary/aromatic N) is 5. The molecule has 1 unspecified atom stereocenters. The van der Waals surface area contributed by atoms with Gasteiger partial charge in [0.15, 0.2) is 16.8 Å². The minimum Gasteiger partial charge on any atom is -0.347 e. The summed E-state index contributed by atoms with van der Waals surface area (Å²) in [7, 11) is 5.93. The molecule has 1 atom stereocenters. The van der Waals surface area contributed by atoms with E-state index in [-0.39, 0.29) is 28.8 Å². The van der Waals surface area contributed by atoms with Crippen LogP contribution in [0.5, 0.6) is 0 Å². The predicted molar refractivity (Wildman–Crippen MR) is 135 cm³/mol. The van der Waals surface area contributed by atoms with Crippen molar-refractivity contribution in [1.82, 2.24) is 19.7 Å². The van der Waals surface area contributed by atoms with Crippen molar-refractivity contribution >= 4 is 23.2 Å². The maximum atomic E-state index is 13.5. The number of likely N-dealkylation sites (N-methyl/N-ethyl adjacent to an activating group) is 1. The smallest absolute Gasteiger partial charge is 0.196 e. The molecule has 2 aromatic carbocycles. The van der Waals surface area contributed by atoms with Gasteiger partial charge in [0, 0.05) is 35.6 Å². The molecular weight excluding hydrogens is 449 g/mol. The van der Waals surface area contributed by atoms with Gasteiger partial charge in [-0.3, -0.25) is 14.3 Å². The van der Waals surface area contributed by atoms with E-state index in [4.69, 9.17) is 0 Å². The fourth-order valence-corrected chi connectivity index (χ4v) is 5.08. The van der Waals surface area contributed by atoms with Crippen LogP contribution in [-0.4, -0.2) is 52.3 Å². The first kappa shape index (κ1) is 24.2. The molecule has 8 heteroatoms. The number of hydrogen-bond donors (Lipinski definition) is 0. The third-order valence-corrected chi connectivity index (χ3v) is 7.42. The summed E-state index contributed by atoms with van der Waals surface area (Å²) in [5, 5.41) is 9.37. The predicted octanol–water partition coefficient (Wildman–Crippen LogP) is 5.00. The lowest BCUT2D eigenvalue weighted by Gasteiger charge is -2.24. The first-order chi connectivity index (χ1) is 16.1. The Kier molecular flexibility index (Phi) is 6.64. The molecule has 0 saturated heterocycles. The summed E-state index contributed by atoms with van der Waals surface area (Å²) in [5.41, 5.74) is 3.81. The first-order valence-electron chi connectivity index (χ1n) is 11.2. The lowest BCUT2D eigenvalue weighted by molar-refractivity contribution is -0.112. The third-order valence-electron chi connectivity index (χ3n) is 6.47. The first-order valence-corrected chi connectivity index (χ1v) is 12.2. The molecule has 0 spiro atoms. The molecule has 1 aromatic heterocycles. The number of hydrogen-bond acceptors (Lipinski definition) is 6. The van der Waals surface area contributed by atoms with E-state index in [9.17, 15) is 9.18 Å². The zero-order valence-electron chi connectivity index (χ0n) is 20.4. The summed E-state index contributed by atoms with van der Waals surface area (Å²) in [5.74, 6) is 0.652. The number of aromatic nitrogens is 3. The van der Waals surface area contributed by atoms with E-state index in [2.05, 4.69) is 41.1 Å². The van der Waals surface area contributed by atoms with Crippen LogP contribution in [0.3, 0.4) is 0 Å². The van der Waals surface area contributed by atoms with E-state index in [0.717, 1.165) is 22.9 Å². The fraction of sp³-hybridized carbons (Fsp3) is 0.346. The van der Waals surface area contributed by atoms with Gasteiger partial charge in [-0.05, 0) is 56.9 Å². The molecule has 0 saturated carbocycles. The van der Waals surface area contributed by atoms with Crippen LogP contribution in [0.25, 0.3) is 5.69 Å². The number of benzene rings is 2. The van der Waals surface area contributed by atoms with Crippen LogP contribution >= 0.6 is 11.8 Å². The van der Waals surface area contributed by atoms with E-state index in [1.165, 1.54) is 29.5 Å². The van der Waals surface area contributed by atoms with E-state index >= 15 is 0 Å². The van der Waals surface area contributed by atoms with Gasteiger partial charge < -0.3 is 4.90 Å². The number of ketones is 1. The highest BCUT2D eigenvalue weighted by Crippen LogP contribution is 2.46. The molecule has 1 aliphatic rings. The lowest BCUT2D eigenvalue weighted by Crippen LogP contribution is -2.24. The Balaban J connectivity index is 1.59. The molecule has 0 N–H and O–H groups in total. The molecule has 0 aliphatic carbocycles. The average Bonchev–Trinajstić information content (AvgIpc) is 3.31. The van der Waals surface area contributed by atoms with E-state index in [1.807, 2.05) is 49.7 Å². The molecule has 6 nitrogen and oxygen atoms in total. The quantitative estimate of drug-likeness (QED) is 0.351. The molecule has 0 amide bonds. The fourth-order valence-electron chi connectivity index (χ4n) is 4.30. The van der Waals surface area contributed by atoms with Gasteiger partial charge in [-0.25, -0.2) is 4.39 Å². The van der Waals surface area contributed by atoms with Gasteiger partial charge in [-0.15, -0.1) is 10.2 Å². The lowest BCUT2D eigenvalue weighted by atomic mass is 9.83. The number of anilines is 1. The highest BCUT2D eigenvalue weighted by atomic mass is 32.2. The SMILES string of the molecule is CC(c1nnc(SCC(=O)C=C2N(C)c3ccccc3C2(C)C)n1-c1ccc(F)cc1)N(C)C. The molecule has 0 bridgehead atoms. The second-order valence-electron chi connectivity index (χ2n) is 9.28. The van der Waals surface area contributed by atoms with Crippen molar-refractivity contribution in [3.05, 3.63) is 77.5 Å². The Labute approximate surface area is 204 Å². The minimum atomic E-state index is -0.306. The van der Waals surface area contributed by atoms with Crippen LogP contribution in [0.2, 0.25) is 0 Å². The number of fused-ring (bicyclic) bond motifs is 1. The van der Waals surface area contributed by atoms with Gasteiger partial charge in [0.05, 0.1) is 11.8 Å². The third kappa shape index (κ3) is 4.40. The van der Waals surface area contributed by atoms with Crippen LogP contribution in [-0.2, 0) is 10.2 Å². The largest absolute Gasteiger partial charge is 0.347 e. The summed E-state index contributed by atoms with van der Waals surface area (Å²) < 4.78 is 15.4. The van der Waals surface area contributed by atoms with E-state index in [0.29, 0.717) is 5.16 Å². The molecule has 0 fully saturated rings. The molecule has 2 heterocycles. The van der Waals surface area contributed by atoms with Gasteiger partial charge in [0.1, 0.15) is 5.82 Å². The maximum absolute atomic E-state index is 13.5. The Morgan fingerprint density at radius 2 is 1.82 bits per heavy atom. The van der Waals surface area contributed by atoms with Crippen molar-refractivity contribution in [3.8, 4) is 5.69 Å². The number of carbonyl (C=O) groups excluding carboxylic acids is 1. The second kappa shape index (κ2) is 9.35. The number of rotatable bonds is 7. The summed E-state index contributed by atoms with van der Waals surface area (Å²) in [6, 6.07) is 14.5. The number of allylic oxidation sites excluding steroid dienone is 2. The van der Waals surface area contributed by atoms with Crippen LogP contribution in [0, 0.1) is 5.82 Å². The standard InChI is InChI=1S/C26H30FN5OS/c1-17(30(4)5)24-28-29-25(32(24)19-13-11-18(27)12-14-19)34-16-20(33)15-23-26(2,3)21-9-7-8-10-22(21)31(23)6/h7-15,17H,16H2,1-6H3. The highest BCUT2D eigenvalue weighted by molar-refractivity contribution is 7.99. The molecular formula is C26H30FN5OS. The molecule has 1 aliphatic heterocycles. The Hall–Kier alpha value is -2.97. The zero-order valence-corrected chi connectivity index (χ0v) is 21.2. The van der Waals surface area contributed by atoms with Crippen LogP contribution < -0.4 is 4.90 Å². The van der Waals surface area contributed by atoms with Crippen molar-refractivity contribution < 1.29 is 9.18 Å². The minimum absolute atomic E-state index is 0.00333. The molecule has 0 radical (unpaired) electrons. The van der Waals surface area contributed by atoms with Gasteiger partial charge >= 0.3 is 0 Å². The van der Waals surface area contributed by atoms with Crippen LogP contribution in [0.4, 0.5) is 10.1 Å².